The van der Waals surface area contributed by atoms with E-state index in [1.807, 2.05) is 0 Å². The molecule has 1 fully saturated rings. The monoisotopic (exact) mass is 241 g/mol. The predicted molar refractivity (Wildman–Crippen MR) is 74.3 cm³/mol. The molecule has 1 aliphatic rings. The summed E-state index contributed by atoms with van der Waals surface area (Å²) < 4.78 is 5.77. The molecule has 0 amide bonds. The molecule has 0 radical (unpaired) electrons. The van der Waals surface area contributed by atoms with Crippen molar-refractivity contribution in [1.82, 2.24) is 5.32 Å². The van der Waals surface area contributed by atoms with Crippen LogP contribution in [0.25, 0.3) is 0 Å². The fraction of sp³-hybridized carbons (Fsp3) is 1.00. The third kappa shape index (κ3) is 7.77. The Bertz CT molecular complexity index is 172. The summed E-state index contributed by atoms with van der Waals surface area (Å²) in [5, 5.41) is 3.44. The second kappa shape index (κ2) is 9.90. The summed E-state index contributed by atoms with van der Waals surface area (Å²) in [5.41, 5.74) is 0. The van der Waals surface area contributed by atoms with Crippen molar-refractivity contribution in [2.24, 2.45) is 11.8 Å². The number of rotatable bonds is 9. The van der Waals surface area contributed by atoms with Crippen molar-refractivity contribution in [1.29, 1.82) is 0 Å². The second-order valence-corrected chi connectivity index (χ2v) is 5.67. The quantitative estimate of drug-likeness (QED) is 0.623. The molecule has 2 unspecified atom stereocenters. The molecule has 0 spiro atoms. The molecule has 2 atom stereocenters. The zero-order valence-corrected chi connectivity index (χ0v) is 11.8. The van der Waals surface area contributed by atoms with E-state index in [9.17, 15) is 0 Å². The molecule has 1 aliphatic carbocycles. The first-order valence-electron chi connectivity index (χ1n) is 7.61. The number of unbranched alkanes of at least 4 members (excludes halogenated alkanes) is 2. The minimum atomic E-state index is 0.832. The van der Waals surface area contributed by atoms with Crippen molar-refractivity contribution in [3.63, 3.8) is 0 Å². The number of hydrogen-bond acceptors (Lipinski definition) is 2. The third-order valence-corrected chi connectivity index (χ3v) is 3.78. The fourth-order valence-electron chi connectivity index (χ4n) is 2.73. The van der Waals surface area contributed by atoms with Crippen LogP contribution >= 0.6 is 0 Å². The van der Waals surface area contributed by atoms with Crippen LogP contribution in [0.3, 0.4) is 0 Å². The molecule has 0 bridgehead atoms. The molecule has 0 aliphatic heterocycles. The maximum atomic E-state index is 5.77. The van der Waals surface area contributed by atoms with Crippen molar-refractivity contribution in [3.8, 4) is 0 Å². The van der Waals surface area contributed by atoms with Crippen LogP contribution in [0, 0.1) is 11.8 Å². The van der Waals surface area contributed by atoms with Gasteiger partial charge >= 0.3 is 0 Å². The Balaban J connectivity index is 1.83. The van der Waals surface area contributed by atoms with Crippen LogP contribution in [0.5, 0.6) is 0 Å². The Kier molecular flexibility index (Phi) is 8.72. The normalized spacial score (nSPS) is 25.1. The van der Waals surface area contributed by atoms with Crippen molar-refractivity contribution in [2.75, 3.05) is 26.3 Å². The summed E-state index contributed by atoms with van der Waals surface area (Å²) in [7, 11) is 0. The van der Waals surface area contributed by atoms with Crippen LogP contribution in [0.1, 0.15) is 58.8 Å². The minimum Gasteiger partial charge on any atom is -0.380 e. The molecular formula is C15H31NO. The van der Waals surface area contributed by atoms with Gasteiger partial charge in [-0.25, -0.2) is 0 Å². The zero-order chi connectivity index (χ0) is 12.3. The van der Waals surface area contributed by atoms with Gasteiger partial charge in [-0.05, 0) is 37.6 Å². The summed E-state index contributed by atoms with van der Waals surface area (Å²) in [5.74, 6) is 1.75. The number of hydrogen-bond donors (Lipinski definition) is 1. The standard InChI is InChI=1S/C15H31NO/c1-3-4-5-9-16-10-11-17-13-15-8-6-7-14(2)12-15/h14-16H,3-13H2,1-2H3. The van der Waals surface area contributed by atoms with Crippen LogP contribution in [0.2, 0.25) is 0 Å². The lowest BCUT2D eigenvalue weighted by atomic mass is 9.83. The van der Waals surface area contributed by atoms with E-state index in [0.29, 0.717) is 0 Å². The highest BCUT2D eigenvalue weighted by molar-refractivity contribution is 4.69. The van der Waals surface area contributed by atoms with Gasteiger partial charge in [0, 0.05) is 13.2 Å². The highest BCUT2D eigenvalue weighted by Crippen LogP contribution is 2.28. The first kappa shape index (κ1) is 15.0. The molecule has 1 saturated carbocycles. The van der Waals surface area contributed by atoms with Gasteiger partial charge in [-0.2, -0.15) is 0 Å². The lowest BCUT2D eigenvalue weighted by molar-refractivity contribution is 0.0780. The van der Waals surface area contributed by atoms with E-state index in [2.05, 4.69) is 19.2 Å². The van der Waals surface area contributed by atoms with Gasteiger partial charge in [0.1, 0.15) is 0 Å². The topological polar surface area (TPSA) is 21.3 Å². The predicted octanol–water partition coefficient (Wildman–Crippen LogP) is 3.61. The van der Waals surface area contributed by atoms with Gasteiger partial charge in [-0.15, -0.1) is 0 Å². The van der Waals surface area contributed by atoms with Crippen LogP contribution in [0.15, 0.2) is 0 Å². The Hall–Kier alpha value is -0.0800. The molecular weight excluding hydrogens is 210 g/mol. The molecule has 102 valence electrons. The summed E-state index contributed by atoms with van der Waals surface area (Å²) >= 11 is 0. The molecule has 0 aromatic heterocycles. The summed E-state index contributed by atoms with van der Waals surface area (Å²) in [6.45, 7) is 8.66. The average Bonchev–Trinajstić information content (AvgIpc) is 2.33. The smallest absolute Gasteiger partial charge is 0.0591 e. The van der Waals surface area contributed by atoms with Crippen molar-refractivity contribution in [3.05, 3.63) is 0 Å². The maximum absolute atomic E-state index is 5.77. The largest absolute Gasteiger partial charge is 0.380 e. The lowest BCUT2D eigenvalue weighted by Crippen LogP contribution is -2.23. The highest BCUT2D eigenvalue weighted by atomic mass is 16.5. The average molecular weight is 241 g/mol. The Morgan fingerprint density at radius 3 is 2.82 bits per heavy atom. The molecule has 1 N–H and O–H groups in total. The fourth-order valence-corrected chi connectivity index (χ4v) is 2.73. The molecule has 0 saturated heterocycles. The summed E-state index contributed by atoms with van der Waals surface area (Å²) in [4.78, 5) is 0. The molecule has 0 aromatic rings. The minimum absolute atomic E-state index is 0.832. The van der Waals surface area contributed by atoms with E-state index in [-0.39, 0.29) is 0 Å². The van der Waals surface area contributed by atoms with Crippen LogP contribution in [-0.2, 0) is 4.74 Å². The Morgan fingerprint density at radius 1 is 1.18 bits per heavy atom. The Labute approximate surface area is 108 Å². The number of ether oxygens (including phenoxy) is 1. The van der Waals surface area contributed by atoms with E-state index in [4.69, 9.17) is 4.74 Å². The van der Waals surface area contributed by atoms with E-state index in [0.717, 1.165) is 38.1 Å². The molecule has 2 nitrogen and oxygen atoms in total. The van der Waals surface area contributed by atoms with Gasteiger partial charge in [-0.1, -0.05) is 39.5 Å². The first-order chi connectivity index (χ1) is 8.33. The van der Waals surface area contributed by atoms with Gasteiger partial charge in [0.2, 0.25) is 0 Å². The van der Waals surface area contributed by atoms with Crippen molar-refractivity contribution >= 4 is 0 Å². The molecule has 0 aromatic carbocycles. The number of nitrogens with one attached hydrogen (secondary N) is 1. The van der Waals surface area contributed by atoms with Crippen molar-refractivity contribution < 1.29 is 4.74 Å². The maximum Gasteiger partial charge on any atom is 0.0591 e. The van der Waals surface area contributed by atoms with Crippen molar-refractivity contribution in [2.45, 2.75) is 58.8 Å². The first-order valence-corrected chi connectivity index (χ1v) is 7.61. The second-order valence-electron chi connectivity index (χ2n) is 5.67. The SMILES string of the molecule is CCCCCNCCOCC1CCCC(C)C1. The zero-order valence-electron chi connectivity index (χ0n) is 11.8. The summed E-state index contributed by atoms with van der Waals surface area (Å²) in [6.07, 6.45) is 9.54. The van der Waals surface area contributed by atoms with E-state index >= 15 is 0 Å². The van der Waals surface area contributed by atoms with Crippen LogP contribution in [-0.4, -0.2) is 26.3 Å². The van der Waals surface area contributed by atoms with Gasteiger partial charge in [0.15, 0.2) is 0 Å². The van der Waals surface area contributed by atoms with E-state index in [1.165, 1.54) is 44.9 Å². The van der Waals surface area contributed by atoms with Crippen LogP contribution < -0.4 is 5.32 Å². The van der Waals surface area contributed by atoms with Gasteiger partial charge in [0.25, 0.3) is 0 Å². The van der Waals surface area contributed by atoms with Crippen LogP contribution in [0.4, 0.5) is 0 Å². The van der Waals surface area contributed by atoms with Gasteiger partial charge in [-0.3, -0.25) is 0 Å². The molecule has 2 heteroatoms. The van der Waals surface area contributed by atoms with E-state index < -0.39 is 0 Å². The Morgan fingerprint density at radius 2 is 2.06 bits per heavy atom. The van der Waals surface area contributed by atoms with Gasteiger partial charge in [0.05, 0.1) is 6.61 Å². The van der Waals surface area contributed by atoms with E-state index in [1.54, 1.807) is 0 Å². The summed E-state index contributed by atoms with van der Waals surface area (Å²) in [6, 6.07) is 0. The third-order valence-electron chi connectivity index (χ3n) is 3.78. The highest BCUT2D eigenvalue weighted by Gasteiger charge is 2.18. The molecule has 1 rings (SSSR count). The molecule has 0 heterocycles. The van der Waals surface area contributed by atoms with Gasteiger partial charge < -0.3 is 10.1 Å². The lowest BCUT2D eigenvalue weighted by Gasteiger charge is -2.26. The molecule has 17 heavy (non-hydrogen) atoms.